The summed E-state index contributed by atoms with van der Waals surface area (Å²) in [6.45, 7) is 0. The summed E-state index contributed by atoms with van der Waals surface area (Å²) in [5.41, 5.74) is 13.7. The molecule has 0 radical (unpaired) electrons. The molecule has 0 bridgehead atoms. The van der Waals surface area contributed by atoms with Crippen molar-refractivity contribution in [2.24, 2.45) is 0 Å². The Morgan fingerprint density at radius 2 is 1.27 bits per heavy atom. The number of rotatable bonds is 3. The molecule has 0 fully saturated rings. The number of aromatic hydroxyl groups is 1. The Labute approximate surface area is 127 Å². The Morgan fingerprint density at radius 3 is 1.73 bits per heavy atom. The van der Waals surface area contributed by atoms with Gasteiger partial charge in [-0.2, -0.15) is 0 Å². The highest BCUT2D eigenvalue weighted by Crippen LogP contribution is 2.33. The summed E-state index contributed by atoms with van der Waals surface area (Å²) < 4.78 is 0. The molecule has 0 aliphatic rings. The van der Waals surface area contributed by atoms with Gasteiger partial charge in [0.15, 0.2) is 0 Å². The van der Waals surface area contributed by atoms with Gasteiger partial charge >= 0.3 is 0 Å². The van der Waals surface area contributed by atoms with Crippen molar-refractivity contribution in [3.63, 3.8) is 0 Å². The monoisotopic (exact) mass is 293 g/mol. The van der Waals surface area contributed by atoms with Crippen LogP contribution in [0.1, 0.15) is 0 Å². The van der Waals surface area contributed by atoms with Gasteiger partial charge < -0.3 is 16.6 Å². The molecule has 0 spiro atoms. The average molecular weight is 293 g/mol. The van der Waals surface area contributed by atoms with Crippen LogP contribution in [0.2, 0.25) is 0 Å². The second-order valence-electron chi connectivity index (χ2n) is 4.75. The van der Waals surface area contributed by atoms with Gasteiger partial charge in [-0.3, -0.25) is 4.90 Å². The van der Waals surface area contributed by atoms with Gasteiger partial charge in [0.25, 0.3) is 0 Å². The summed E-state index contributed by atoms with van der Waals surface area (Å²) in [5.74, 6) is 1.41. The number of benzene rings is 1. The van der Waals surface area contributed by atoms with Crippen LogP contribution >= 0.6 is 0 Å². The molecule has 3 rings (SSSR count). The fourth-order valence-electron chi connectivity index (χ4n) is 2.10. The van der Waals surface area contributed by atoms with Gasteiger partial charge in [-0.15, -0.1) is 0 Å². The van der Waals surface area contributed by atoms with E-state index >= 15 is 0 Å². The van der Waals surface area contributed by atoms with Gasteiger partial charge in [-0.05, 0) is 36.4 Å². The van der Waals surface area contributed by atoms with Crippen molar-refractivity contribution in [1.29, 1.82) is 0 Å². The smallest absolute Gasteiger partial charge is 0.140 e. The second kappa shape index (κ2) is 5.61. The number of nitrogens with two attached hydrogens (primary N) is 2. The van der Waals surface area contributed by atoms with Crippen molar-refractivity contribution in [3.8, 4) is 5.75 Å². The molecule has 2 heterocycles. The van der Waals surface area contributed by atoms with Crippen molar-refractivity contribution in [1.82, 2.24) is 9.97 Å². The Balaban J connectivity index is 2.15. The van der Waals surface area contributed by atoms with E-state index in [1.165, 1.54) is 0 Å². The third-order valence-corrected chi connectivity index (χ3v) is 3.11. The van der Waals surface area contributed by atoms with Crippen molar-refractivity contribution < 1.29 is 5.11 Å². The van der Waals surface area contributed by atoms with Crippen LogP contribution in [0.15, 0.2) is 60.9 Å². The zero-order chi connectivity index (χ0) is 15.5. The normalized spacial score (nSPS) is 10.4. The van der Waals surface area contributed by atoms with E-state index in [4.69, 9.17) is 11.5 Å². The molecule has 6 nitrogen and oxygen atoms in total. The molecule has 0 aliphatic heterocycles. The summed E-state index contributed by atoms with van der Waals surface area (Å²) in [6, 6.07) is 13.7. The van der Waals surface area contributed by atoms with Crippen molar-refractivity contribution >= 4 is 28.7 Å². The number of hydrogen-bond acceptors (Lipinski definition) is 6. The van der Waals surface area contributed by atoms with Crippen LogP contribution < -0.4 is 16.4 Å². The standard InChI is InChI=1S/C16H15N5O/c17-11-5-7-19-15(9-11)21(13-1-3-14(22)4-2-13)16-10-12(18)6-8-20-16/h1-10,22H,(H2,17,19)(H2,18,20). The predicted molar refractivity (Wildman–Crippen MR) is 87.2 cm³/mol. The summed E-state index contributed by atoms with van der Waals surface area (Å²) >= 11 is 0. The third-order valence-electron chi connectivity index (χ3n) is 3.11. The predicted octanol–water partition coefficient (Wildman–Crippen LogP) is 2.82. The molecular weight excluding hydrogens is 278 g/mol. The van der Waals surface area contributed by atoms with Crippen molar-refractivity contribution in [2.75, 3.05) is 16.4 Å². The van der Waals surface area contributed by atoms with Gasteiger partial charge in [0.05, 0.1) is 0 Å². The van der Waals surface area contributed by atoms with Crippen LogP contribution in [0.25, 0.3) is 0 Å². The lowest BCUT2D eigenvalue weighted by Crippen LogP contribution is -2.13. The average Bonchev–Trinajstić information content (AvgIpc) is 2.50. The number of hydrogen-bond donors (Lipinski definition) is 3. The zero-order valence-electron chi connectivity index (χ0n) is 11.7. The third kappa shape index (κ3) is 2.76. The van der Waals surface area contributed by atoms with E-state index in [2.05, 4.69) is 9.97 Å². The summed E-state index contributed by atoms with van der Waals surface area (Å²) in [6.07, 6.45) is 3.26. The van der Waals surface area contributed by atoms with E-state index in [1.807, 2.05) is 4.90 Å². The Kier molecular flexibility index (Phi) is 3.49. The first-order chi connectivity index (χ1) is 10.6. The summed E-state index contributed by atoms with van der Waals surface area (Å²) in [7, 11) is 0. The second-order valence-corrected chi connectivity index (χ2v) is 4.75. The fourth-order valence-corrected chi connectivity index (χ4v) is 2.10. The molecule has 0 amide bonds. The highest BCUT2D eigenvalue weighted by atomic mass is 16.3. The number of nitrogens with zero attached hydrogens (tertiary/aromatic N) is 3. The molecule has 0 saturated heterocycles. The van der Waals surface area contributed by atoms with Crippen LogP contribution in [-0.2, 0) is 0 Å². The largest absolute Gasteiger partial charge is 0.508 e. The minimum atomic E-state index is 0.185. The first kappa shape index (κ1) is 13.7. The maximum atomic E-state index is 9.48. The van der Waals surface area contributed by atoms with E-state index < -0.39 is 0 Å². The number of nitrogen functional groups attached to an aromatic ring is 2. The van der Waals surface area contributed by atoms with Crippen molar-refractivity contribution in [2.45, 2.75) is 0 Å². The zero-order valence-corrected chi connectivity index (χ0v) is 11.7. The van der Waals surface area contributed by atoms with E-state index in [-0.39, 0.29) is 5.75 Å². The van der Waals surface area contributed by atoms with Gasteiger partial charge in [0, 0.05) is 41.6 Å². The minimum Gasteiger partial charge on any atom is -0.508 e. The van der Waals surface area contributed by atoms with Crippen LogP contribution in [-0.4, -0.2) is 15.1 Å². The molecule has 3 aromatic rings. The van der Waals surface area contributed by atoms with E-state index in [1.54, 1.807) is 60.9 Å². The Morgan fingerprint density at radius 1 is 0.773 bits per heavy atom. The van der Waals surface area contributed by atoms with Gasteiger partial charge in [0.2, 0.25) is 0 Å². The highest BCUT2D eigenvalue weighted by molar-refractivity contribution is 5.75. The lowest BCUT2D eigenvalue weighted by Gasteiger charge is -2.23. The molecule has 0 saturated carbocycles. The Hall–Kier alpha value is -3.28. The summed E-state index contributed by atoms with van der Waals surface area (Å²) in [4.78, 5) is 10.5. The molecule has 0 atom stereocenters. The van der Waals surface area contributed by atoms with Crippen LogP contribution in [0.5, 0.6) is 5.75 Å². The molecule has 6 heteroatoms. The van der Waals surface area contributed by atoms with E-state index in [0.29, 0.717) is 23.0 Å². The molecule has 22 heavy (non-hydrogen) atoms. The maximum Gasteiger partial charge on any atom is 0.140 e. The molecule has 0 unspecified atom stereocenters. The molecule has 0 aliphatic carbocycles. The highest BCUT2D eigenvalue weighted by Gasteiger charge is 2.15. The van der Waals surface area contributed by atoms with Crippen LogP contribution in [0.3, 0.4) is 0 Å². The topological polar surface area (TPSA) is 101 Å². The van der Waals surface area contributed by atoms with Gasteiger partial charge in [0.1, 0.15) is 17.4 Å². The quantitative estimate of drug-likeness (QED) is 0.686. The number of phenolic OH excluding ortho intramolecular Hbond substituents is 1. The first-order valence-electron chi connectivity index (χ1n) is 6.66. The van der Waals surface area contributed by atoms with Gasteiger partial charge in [-0.25, -0.2) is 9.97 Å². The molecule has 1 aromatic carbocycles. The van der Waals surface area contributed by atoms with Crippen LogP contribution in [0, 0.1) is 0 Å². The maximum absolute atomic E-state index is 9.48. The molecule has 2 aromatic heterocycles. The number of anilines is 5. The molecule has 110 valence electrons. The fraction of sp³-hybridized carbons (Fsp3) is 0. The molecular formula is C16H15N5O. The van der Waals surface area contributed by atoms with Gasteiger partial charge in [-0.1, -0.05) is 0 Å². The summed E-state index contributed by atoms with van der Waals surface area (Å²) in [5, 5.41) is 9.48. The first-order valence-corrected chi connectivity index (χ1v) is 6.66. The van der Waals surface area contributed by atoms with E-state index in [9.17, 15) is 5.11 Å². The number of pyridine rings is 2. The number of aromatic nitrogens is 2. The lowest BCUT2D eigenvalue weighted by atomic mass is 10.2. The van der Waals surface area contributed by atoms with Crippen molar-refractivity contribution in [3.05, 3.63) is 60.9 Å². The van der Waals surface area contributed by atoms with E-state index in [0.717, 1.165) is 5.69 Å². The SMILES string of the molecule is Nc1ccnc(N(c2ccc(O)cc2)c2cc(N)ccn2)c1. The molecule has 5 N–H and O–H groups in total. The minimum absolute atomic E-state index is 0.185. The lowest BCUT2D eigenvalue weighted by molar-refractivity contribution is 0.475. The Bertz CT molecular complexity index is 743. The number of phenols is 1. The van der Waals surface area contributed by atoms with Crippen LogP contribution in [0.4, 0.5) is 28.7 Å².